The van der Waals surface area contributed by atoms with Crippen LogP contribution in [0.1, 0.15) is 38.8 Å². The molecule has 0 atom stereocenters. The summed E-state index contributed by atoms with van der Waals surface area (Å²) in [5.74, 6) is -0.761. The summed E-state index contributed by atoms with van der Waals surface area (Å²) in [6, 6.07) is 5.18. The van der Waals surface area contributed by atoms with Gasteiger partial charge >= 0.3 is 12.1 Å². The number of rotatable bonds is 4. The first-order valence-corrected chi connectivity index (χ1v) is 6.44. The van der Waals surface area contributed by atoms with E-state index in [2.05, 4.69) is 0 Å². The highest BCUT2D eigenvalue weighted by Crippen LogP contribution is 2.28. The van der Waals surface area contributed by atoms with Crippen LogP contribution in [0.25, 0.3) is 0 Å². The molecule has 110 valence electrons. The summed E-state index contributed by atoms with van der Waals surface area (Å²) < 4.78 is 9.72. The Hall–Kier alpha value is -2.04. The lowest BCUT2D eigenvalue weighted by atomic mass is 9.85. The Morgan fingerprint density at radius 3 is 2.40 bits per heavy atom. The number of ether oxygens (including phenoxy) is 2. The molecule has 1 N–H and O–H groups in total. The SMILES string of the molecule is CCOC(=O)Oc1ccc(C(C)(C)C)cc1CC(=O)O. The van der Waals surface area contributed by atoms with Gasteiger partial charge in [-0.3, -0.25) is 4.79 Å². The maximum Gasteiger partial charge on any atom is 0.513 e. The minimum absolute atomic E-state index is 0.115. The molecule has 0 fully saturated rings. The smallest absolute Gasteiger partial charge is 0.481 e. The number of carboxylic acid groups (broad SMARTS) is 1. The van der Waals surface area contributed by atoms with Gasteiger partial charge in [-0.25, -0.2) is 4.79 Å². The molecule has 5 heteroatoms. The number of carbonyl (C=O) groups excluding carboxylic acids is 1. The lowest BCUT2D eigenvalue weighted by molar-refractivity contribution is -0.136. The molecule has 20 heavy (non-hydrogen) atoms. The molecule has 0 aliphatic rings. The van der Waals surface area contributed by atoms with Gasteiger partial charge in [-0.1, -0.05) is 32.9 Å². The Bertz CT molecular complexity index is 499. The molecule has 0 aliphatic carbocycles. The third-order valence-corrected chi connectivity index (χ3v) is 2.72. The van der Waals surface area contributed by atoms with Crippen molar-refractivity contribution in [1.82, 2.24) is 0 Å². The minimum Gasteiger partial charge on any atom is -0.481 e. The second kappa shape index (κ2) is 6.41. The second-order valence-electron chi connectivity index (χ2n) is 5.43. The molecular formula is C15H20O5. The molecule has 5 nitrogen and oxygen atoms in total. The highest BCUT2D eigenvalue weighted by Gasteiger charge is 2.18. The van der Waals surface area contributed by atoms with Crippen molar-refractivity contribution in [3.05, 3.63) is 29.3 Å². The average molecular weight is 280 g/mol. The van der Waals surface area contributed by atoms with Gasteiger partial charge in [0.2, 0.25) is 0 Å². The summed E-state index contributed by atoms with van der Waals surface area (Å²) in [5, 5.41) is 8.95. The van der Waals surface area contributed by atoms with Crippen LogP contribution in [-0.2, 0) is 21.4 Å². The fraction of sp³-hybridized carbons (Fsp3) is 0.467. The second-order valence-corrected chi connectivity index (χ2v) is 5.43. The van der Waals surface area contributed by atoms with Crippen LogP contribution in [0.2, 0.25) is 0 Å². The maximum absolute atomic E-state index is 11.3. The van der Waals surface area contributed by atoms with Crippen LogP contribution < -0.4 is 4.74 Å². The van der Waals surface area contributed by atoms with Gasteiger partial charge < -0.3 is 14.6 Å². The summed E-state index contributed by atoms with van der Waals surface area (Å²) in [4.78, 5) is 22.3. The number of benzene rings is 1. The molecule has 0 spiro atoms. The fourth-order valence-corrected chi connectivity index (χ4v) is 1.68. The Kier molecular flexibility index (Phi) is 5.13. The Balaban J connectivity index is 3.10. The van der Waals surface area contributed by atoms with E-state index in [1.807, 2.05) is 26.8 Å². The third kappa shape index (κ3) is 4.57. The van der Waals surface area contributed by atoms with E-state index >= 15 is 0 Å². The number of aliphatic carboxylic acids is 1. The van der Waals surface area contributed by atoms with E-state index in [-0.39, 0.29) is 24.2 Å². The zero-order valence-electron chi connectivity index (χ0n) is 12.2. The highest BCUT2D eigenvalue weighted by atomic mass is 16.7. The van der Waals surface area contributed by atoms with Crippen molar-refractivity contribution in [1.29, 1.82) is 0 Å². The van der Waals surface area contributed by atoms with Gasteiger partial charge in [0.05, 0.1) is 13.0 Å². The number of hydrogen-bond acceptors (Lipinski definition) is 4. The van der Waals surface area contributed by atoms with Crippen molar-refractivity contribution >= 4 is 12.1 Å². The lowest BCUT2D eigenvalue weighted by Crippen LogP contribution is -2.15. The van der Waals surface area contributed by atoms with E-state index in [0.717, 1.165) is 5.56 Å². The summed E-state index contributed by atoms with van der Waals surface area (Å²) in [7, 11) is 0. The van der Waals surface area contributed by atoms with E-state index in [1.165, 1.54) is 0 Å². The van der Waals surface area contributed by atoms with Gasteiger partial charge in [0.25, 0.3) is 0 Å². The van der Waals surface area contributed by atoms with Crippen molar-refractivity contribution in [2.75, 3.05) is 6.61 Å². The maximum atomic E-state index is 11.3. The molecule has 1 aromatic carbocycles. The molecule has 1 rings (SSSR count). The van der Waals surface area contributed by atoms with Gasteiger partial charge in [0.1, 0.15) is 5.75 Å². The van der Waals surface area contributed by atoms with Crippen molar-refractivity contribution in [2.24, 2.45) is 0 Å². The van der Waals surface area contributed by atoms with Crippen LogP contribution in [0.5, 0.6) is 5.75 Å². The summed E-state index contributed by atoms with van der Waals surface area (Å²) in [6.45, 7) is 7.95. The molecule has 1 aromatic rings. The van der Waals surface area contributed by atoms with E-state index in [1.54, 1.807) is 19.1 Å². The van der Waals surface area contributed by atoms with Crippen molar-refractivity contribution in [2.45, 2.75) is 39.5 Å². The zero-order valence-corrected chi connectivity index (χ0v) is 12.2. The van der Waals surface area contributed by atoms with Crippen LogP contribution in [0.3, 0.4) is 0 Å². The van der Waals surface area contributed by atoms with Gasteiger partial charge in [-0.2, -0.15) is 0 Å². The van der Waals surface area contributed by atoms with E-state index in [0.29, 0.717) is 5.56 Å². The van der Waals surface area contributed by atoms with Gasteiger partial charge in [0, 0.05) is 5.56 Å². The molecule has 0 unspecified atom stereocenters. The third-order valence-electron chi connectivity index (χ3n) is 2.72. The quantitative estimate of drug-likeness (QED) is 0.677. The Morgan fingerprint density at radius 1 is 1.25 bits per heavy atom. The van der Waals surface area contributed by atoms with E-state index in [9.17, 15) is 9.59 Å². The average Bonchev–Trinajstić information content (AvgIpc) is 2.29. The Labute approximate surface area is 118 Å². The first kappa shape index (κ1) is 16.0. The predicted molar refractivity (Wildman–Crippen MR) is 74.1 cm³/mol. The Morgan fingerprint density at radius 2 is 1.90 bits per heavy atom. The lowest BCUT2D eigenvalue weighted by Gasteiger charge is -2.20. The molecule has 0 aliphatic heterocycles. The predicted octanol–water partition coefficient (Wildman–Crippen LogP) is 3.15. The number of carboxylic acids is 1. The summed E-state index contributed by atoms with van der Waals surface area (Å²) >= 11 is 0. The molecule has 0 aromatic heterocycles. The normalized spacial score (nSPS) is 11.0. The van der Waals surface area contributed by atoms with Crippen LogP contribution >= 0.6 is 0 Å². The fourth-order valence-electron chi connectivity index (χ4n) is 1.68. The van der Waals surface area contributed by atoms with Crippen LogP contribution in [-0.4, -0.2) is 23.8 Å². The summed E-state index contributed by atoms with van der Waals surface area (Å²) in [6.07, 6.45) is -1.04. The first-order valence-electron chi connectivity index (χ1n) is 6.44. The largest absolute Gasteiger partial charge is 0.513 e. The van der Waals surface area contributed by atoms with Gasteiger partial charge in [0.15, 0.2) is 0 Å². The molecule has 0 saturated carbocycles. The molecule has 0 saturated heterocycles. The monoisotopic (exact) mass is 280 g/mol. The minimum atomic E-state index is -0.982. The topological polar surface area (TPSA) is 72.8 Å². The number of carbonyl (C=O) groups is 2. The van der Waals surface area contributed by atoms with E-state index in [4.69, 9.17) is 14.6 Å². The summed E-state index contributed by atoms with van der Waals surface area (Å²) in [5.41, 5.74) is 1.32. The van der Waals surface area contributed by atoms with Crippen molar-refractivity contribution in [3.63, 3.8) is 0 Å². The van der Waals surface area contributed by atoms with Crippen LogP contribution in [0.15, 0.2) is 18.2 Å². The van der Waals surface area contributed by atoms with E-state index < -0.39 is 12.1 Å². The van der Waals surface area contributed by atoms with Crippen molar-refractivity contribution < 1.29 is 24.2 Å². The van der Waals surface area contributed by atoms with Crippen molar-refractivity contribution in [3.8, 4) is 5.75 Å². The van der Waals surface area contributed by atoms with Crippen LogP contribution in [0, 0.1) is 0 Å². The number of hydrogen-bond donors (Lipinski definition) is 1. The van der Waals surface area contributed by atoms with Gasteiger partial charge in [-0.15, -0.1) is 0 Å². The van der Waals surface area contributed by atoms with Gasteiger partial charge in [-0.05, 0) is 24.0 Å². The molecule has 0 heterocycles. The molecule has 0 bridgehead atoms. The standard InChI is InChI=1S/C15H20O5/c1-5-19-14(18)20-12-7-6-11(15(2,3)4)8-10(12)9-13(16)17/h6-8H,5,9H2,1-4H3,(H,16,17). The zero-order chi connectivity index (χ0) is 15.3. The first-order chi connectivity index (χ1) is 9.24. The highest BCUT2D eigenvalue weighted by molar-refractivity contribution is 5.73. The molecular weight excluding hydrogens is 260 g/mol. The molecule has 0 radical (unpaired) electrons. The molecule has 0 amide bonds. The van der Waals surface area contributed by atoms with Crippen LogP contribution in [0.4, 0.5) is 4.79 Å².